The number of pyridine rings is 2. The van der Waals surface area contributed by atoms with Gasteiger partial charge in [0, 0.05) is 0 Å². The predicted molar refractivity (Wildman–Crippen MR) is 151 cm³/mol. The zero-order valence-electron chi connectivity index (χ0n) is 20.5. The predicted octanol–water partition coefficient (Wildman–Crippen LogP) is 6.09. The van der Waals surface area contributed by atoms with Crippen LogP contribution in [-0.2, 0) is 0 Å². The number of rotatable bonds is 4. The Kier molecular flexibility index (Phi) is 5.18. The Morgan fingerprint density at radius 3 is 1.43 bits per heavy atom. The van der Waals surface area contributed by atoms with Gasteiger partial charge in [-0.25, -0.2) is 0 Å². The average molecular weight is 596 g/mol. The summed E-state index contributed by atoms with van der Waals surface area (Å²) in [6.45, 7) is 4.02. The van der Waals surface area contributed by atoms with Crippen LogP contribution in [0.5, 0.6) is 11.5 Å². The standard InChI is InChI=1S/C32H24N2O2Te/c1-21-17-19-23-9-7-13-27(31(23)33-21)35-37(36-28-14-8-10-24-20-18-22(2)34-32(24)28)29-15-5-3-11-25(29)26-12-4-6-16-30(26)37/h3-20H,1-2H3. The fraction of sp³-hybridized carbons (Fsp3) is 0.0625. The Hall–Kier alpha value is -3.91. The zero-order valence-corrected chi connectivity index (χ0v) is 22.8. The van der Waals surface area contributed by atoms with Gasteiger partial charge >= 0.3 is 221 Å². The van der Waals surface area contributed by atoms with Gasteiger partial charge in [0.2, 0.25) is 0 Å². The SMILES string of the molecule is Cc1ccc2cccc(O[Te]3(Oc4cccc5ccc(C)nc45)c4ccccc4-c4ccccc43)c2n1. The van der Waals surface area contributed by atoms with E-state index in [4.69, 9.17) is 16.2 Å². The van der Waals surface area contributed by atoms with Crippen LogP contribution in [0.1, 0.15) is 11.4 Å². The molecule has 0 saturated heterocycles. The van der Waals surface area contributed by atoms with E-state index in [-0.39, 0.29) is 0 Å². The first-order valence-corrected chi connectivity index (χ1v) is 16.5. The van der Waals surface area contributed by atoms with Crippen molar-refractivity contribution in [3.63, 3.8) is 0 Å². The summed E-state index contributed by atoms with van der Waals surface area (Å²) in [4.78, 5) is 9.73. The van der Waals surface area contributed by atoms with Crippen LogP contribution in [0.15, 0.2) is 109 Å². The first-order valence-electron chi connectivity index (χ1n) is 12.3. The first kappa shape index (κ1) is 22.3. The van der Waals surface area contributed by atoms with E-state index >= 15 is 0 Å². The van der Waals surface area contributed by atoms with Crippen molar-refractivity contribution in [1.29, 1.82) is 0 Å². The molecule has 1 aliphatic rings. The molecule has 0 spiro atoms. The van der Waals surface area contributed by atoms with Crippen LogP contribution in [-0.4, -0.2) is 29.0 Å². The van der Waals surface area contributed by atoms with E-state index in [2.05, 4.69) is 72.8 Å². The molecule has 0 N–H and O–H groups in total. The Morgan fingerprint density at radius 2 is 0.946 bits per heavy atom. The van der Waals surface area contributed by atoms with E-state index in [0.717, 1.165) is 51.9 Å². The van der Waals surface area contributed by atoms with Crippen LogP contribution < -0.4 is 13.4 Å². The molecular formula is C32H24N2O2Te. The number of hydrogen-bond donors (Lipinski definition) is 0. The minimum absolute atomic E-state index is 0.748. The molecule has 0 unspecified atom stereocenters. The number of aromatic nitrogens is 2. The third kappa shape index (κ3) is 3.58. The summed E-state index contributed by atoms with van der Waals surface area (Å²) in [7, 11) is 0. The molecule has 0 aliphatic carbocycles. The Balaban J connectivity index is 1.51. The molecule has 6 aromatic rings. The molecule has 1 aliphatic heterocycles. The van der Waals surface area contributed by atoms with Crippen molar-refractivity contribution < 1.29 is 6.20 Å². The van der Waals surface area contributed by atoms with Crippen molar-refractivity contribution in [1.82, 2.24) is 9.97 Å². The maximum absolute atomic E-state index is 7.24. The second-order valence-corrected chi connectivity index (χ2v) is 15.6. The van der Waals surface area contributed by atoms with Crippen LogP contribution in [0.3, 0.4) is 0 Å². The van der Waals surface area contributed by atoms with Gasteiger partial charge in [-0.3, -0.25) is 0 Å². The molecule has 0 radical (unpaired) electrons. The molecular weight excluding hydrogens is 572 g/mol. The topological polar surface area (TPSA) is 44.2 Å². The normalized spacial score (nSPS) is 14.2. The molecule has 4 aromatic carbocycles. The molecule has 0 bridgehead atoms. The van der Waals surface area contributed by atoms with Gasteiger partial charge in [-0.15, -0.1) is 0 Å². The van der Waals surface area contributed by atoms with Crippen LogP contribution in [0, 0.1) is 13.8 Å². The zero-order chi connectivity index (χ0) is 25.0. The summed E-state index contributed by atoms with van der Waals surface area (Å²) in [5.74, 6) is 1.50. The molecule has 4 nitrogen and oxygen atoms in total. The van der Waals surface area contributed by atoms with E-state index in [1.807, 2.05) is 50.2 Å². The Bertz CT molecular complexity index is 1700. The number of para-hydroxylation sites is 2. The molecule has 0 atom stereocenters. The van der Waals surface area contributed by atoms with Gasteiger partial charge in [-0.1, -0.05) is 0 Å². The fourth-order valence-electron chi connectivity index (χ4n) is 4.98. The third-order valence-corrected chi connectivity index (χ3v) is 14.4. The van der Waals surface area contributed by atoms with Crippen molar-refractivity contribution in [3.8, 4) is 22.6 Å². The molecule has 3 heterocycles. The third-order valence-electron chi connectivity index (χ3n) is 6.70. The van der Waals surface area contributed by atoms with Crippen molar-refractivity contribution in [2.24, 2.45) is 0 Å². The van der Waals surface area contributed by atoms with Gasteiger partial charge in [-0.05, 0) is 0 Å². The molecule has 0 fully saturated rings. The second-order valence-electron chi connectivity index (χ2n) is 9.22. The van der Waals surface area contributed by atoms with Crippen molar-refractivity contribution >= 4 is 48.0 Å². The van der Waals surface area contributed by atoms with E-state index in [0.29, 0.717) is 0 Å². The summed E-state index contributed by atoms with van der Waals surface area (Å²) < 4.78 is 16.8. The van der Waals surface area contributed by atoms with Crippen LogP contribution in [0.2, 0.25) is 0 Å². The molecule has 0 amide bonds. The molecule has 37 heavy (non-hydrogen) atoms. The van der Waals surface area contributed by atoms with E-state index in [1.54, 1.807) is 0 Å². The van der Waals surface area contributed by atoms with Crippen molar-refractivity contribution in [3.05, 3.63) is 121 Å². The molecule has 5 heteroatoms. The second kappa shape index (κ2) is 8.59. The number of benzene rings is 4. The summed E-state index contributed by atoms with van der Waals surface area (Å²) in [5, 5.41) is 2.09. The first-order chi connectivity index (χ1) is 18.1. The fourth-order valence-corrected chi connectivity index (χ4v) is 13.1. The van der Waals surface area contributed by atoms with Gasteiger partial charge in [0.05, 0.1) is 0 Å². The summed E-state index contributed by atoms with van der Waals surface area (Å²) >= 11 is -4.07. The van der Waals surface area contributed by atoms with Crippen LogP contribution >= 0.6 is 0 Å². The average Bonchev–Trinajstić information content (AvgIpc) is 3.19. The Morgan fingerprint density at radius 1 is 0.486 bits per heavy atom. The van der Waals surface area contributed by atoms with E-state index < -0.39 is 19.0 Å². The molecule has 0 saturated carbocycles. The van der Waals surface area contributed by atoms with Gasteiger partial charge in [0.1, 0.15) is 0 Å². The number of hydrogen-bond acceptors (Lipinski definition) is 4. The van der Waals surface area contributed by atoms with Crippen LogP contribution in [0.25, 0.3) is 32.9 Å². The summed E-state index contributed by atoms with van der Waals surface area (Å²) in [6, 6.07) is 37.5. The monoisotopic (exact) mass is 598 g/mol. The van der Waals surface area contributed by atoms with Crippen molar-refractivity contribution in [2.75, 3.05) is 0 Å². The van der Waals surface area contributed by atoms with Gasteiger partial charge in [0.25, 0.3) is 0 Å². The number of aryl methyl sites for hydroxylation is 2. The quantitative estimate of drug-likeness (QED) is 0.231. The Labute approximate surface area is 220 Å². The maximum atomic E-state index is 7.24. The van der Waals surface area contributed by atoms with Gasteiger partial charge in [-0.2, -0.15) is 0 Å². The number of fused-ring (bicyclic) bond motifs is 5. The minimum atomic E-state index is -4.07. The van der Waals surface area contributed by atoms with Gasteiger partial charge < -0.3 is 0 Å². The molecule has 180 valence electrons. The summed E-state index contributed by atoms with van der Waals surface area (Å²) in [5.41, 5.74) is 5.96. The summed E-state index contributed by atoms with van der Waals surface area (Å²) in [6.07, 6.45) is 0. The molecule has 7 rings (SSSR count). The van der Waals surface area contributed by atoms with Crippen LogP contribution in [0.4, 0.5) is 0 Å². The van der Waals surface area contributed by atoms with Gasteiger partial charge in [0.15, 0.2) is 0 Å². The number of nitrogens with zero attached hydrogens (tertiary/aromatic N) is 2. The van der Waals surface area contributed by atoms with E-state index in [9.17, 15) is 0 Å². The van der Waals surface area contributed by atoms with Crippen molar-refractivity contribution in [2.45, 2.75) is 13.8 Å². The molecule has 2 aromatic heterocycles. The van der Waals surface area contributed by atoms with E-state index in [1.165, 1.54) is 11.1 Å².